The summed E-state index contributed by atoms with van der Waals surface area (Å²) in [5.74, 6) is -0.494. The van der Waals surface area contributed by atoms with Crippen LogP contribution in [0.1, 0.15) is 15.9 Å². The van der Waals surface area contributed by atoms with Gasteiger partial charge in [-0.1, -0.05) is 23.7 Å². The van der Waals surface area contributed by atoms with Crippen LogP contribution in [0.4, 0.5) is 5.69 Å². The fourth-order valence-corrected chi connectivity index (χ4v) is 2.05. The number of carbonyl (C=O) groups excluding carboxylic acids is 2. The molecule has 2 aromatic carbocycles. The maximum Gasteiger partial charge on any atom is 0.338 e. The molecule has 0 heterocycles. The minimum absolute atomic E-state index is 0.316. The number of benzene rings is 2. The lowest BCUT2D eigenvalue weighted by atomic mass is 10.2. The molecule has 0 atom stereocenters. The Morgan fingerprint density at radius 2 is 1.96 bits per heavy atom. The number of carbonyl (C=O) groups is 2. The van der Waals surface area contributed by atoms with Crippen molar-refractivity contribution in [2.45, 2.75) is 6.92 Å². The van der Waals surface area contributed by atoms with Crippen LogP contribution in [0.2, 0.25) is 5.02 Å². The van der Waals surface area contributed by atoms with Crippen molar-refractivity contribution < 1.29 is 19.1 Å². The third kappa shape index (κ3) is 4.72. The highest BCUT2D eigenvalue weighted by Crippen LogP contribution is 2.20. The summed E-state index contributed by atoms with van der Waals surface area (Å²) < 4.78 is 10.0. The normalized spacial score (nSPS) is 10.0. The first kappa shape index (κ1) is 16.8. The van der Waals surface area contributed by atoms with Gasteiger partial charge in [-0.15, -0.1) is 0 Å². The largest absolute Gasteiger partial charge is 0.497 e. The van der Waals surface area contributed by atoms with E-state index in [1.54, 1.807) is 42.5 Å². The van der Waals surface area contributed by atoms with Crippen LogP contribution in [0.15, 0.2) is 42.5 Å². The third-order valence-electron chi connectivity index (χ3n) is 3.11. The lowest BCUT2D eigenvalue weighted by Gasteiger charge is -2.09. The van der Waals surface area contributed by atoms with Crippen molar-refractivity contribution in [3.63, 3.8) is 0 Å². The maximum absolute atomic E-state index is 11.9. The Kier molecular flexibility index (Phi) is 5.60. The topological polar surface area (TPSA) is 64.6 Å². The summed E-state index contributed by atoms with van der Waals surface area (Å²) in [5, 5.41) is 3.17. The minimum atomic E-state index is -0.595. The summed E-state index contributed by atoms with van der Waals surface area (Å²) in [6, 6.07) is 11.7. The molecule has 1 amide bonds. The van der Waals surface area contributed by atoms with Crippen LogP contribution in [0.5, 0.6) is 5.75 Å². The Balaban J connectivity index is 1.93. The van der Waals surface area contributed by atoms with E-state index in [4.69, 9.17) is 21.1 Å². The predicted octanol–water partition coefficient (Wildman–Crippen LogP) is 3.45. The Hall–Kier alpha value is -2.53. The summed E-state index contributed by atoms with van der Waals surface area (Å²) >= 11 is 5.89. The molecule has 0 saturated heterocycles. The number of amides is 1. The second kappa shape index (κ2) is 7.65. The number of aryl methyl sites for hydroxylation is 1. The third-order valence-corrected chi connectivity index (χ3v) is 3.35. The molecular formula is C17H16ClNO4. The monoisotopic (exact) mass is 333 g/mol. The highest BCUT2D eigenvalue weighted by molar-refractivity contribution is 6.31. The number of esters is 1. The lowest BCUT2D eigenvalue weighted by Crippen LogP contribution is -2.21. The van der Waals surface area contributed by atoms with E-state index in [1.807, 2.05) is 6.92 Å². The molecule has 0 fully saturated rings. The van der Waals surface area contributed by atoms with E-state index in [9.17, 15) is 9.59 Å². The SMILES string of the molecule is COc1cccc(C(=O)OCC(=O)Nc2cc(Cl)ccc2C)c1. The molecule has 120 valence electrons. The number of anilines is 1. The number of nitrogens with one attached hydrogen (secondary N) is 1. The van der Waals surface area contributed by atoms with Gasteiger partial charge in [-0.25, -0.2) is 4.79 Å². The lowest BCUT2D eigenvalue weighted by molar-refractivity contribution is -0.119. The van der Waals surface area contributed by atoms with Crippen LogP contribution >= 0.6 is 11.6 Å². The maximum atomic E-state index is 11.9. The van der Waals surface area contributed by atoms with Gasteiger partial charge in [-0.3, -0.25) is 4.79 Å². The highest BCUT2D eigenvalue weighted by atomic mass is 35.5. The predicted molar refractivity (Wildman–Crippen MR) is 88.1 cm³/mol. The number of methoxy groups -OCH3 is 1. The molecular weight excluding hydrogens is 318 g/mol. The van der Waals surface area contributed by atoms with Crippen molar-refractivity contribution in [3.05, 3.63) is 58.6 Å². The zero-order chi connectivity index (χ0) is 16.8. The second-order valence-corrected chi connectivity index (χ2v) is 5.25. The van der Waals surface area contributed by atoms with Crippen molar-refractivity contribution in [2.75, 3.05) is 19.0 Å². The summed E-state index contributed by atoms with van der Waals surface area (Å²) in [7, 11) is 1.51. The van der Waals surface area contributed by atoms with E-state index in [-0.39, 0.29) is 6.61 Å². The van der Waals surface area contributed by atoms with Crippen molar-refractivity contribution in [2.24, 2.45) is 0 Å². The molecule has 6 heteroatoms. The fraction of sp³-hybridized carbons (Fsp3) is 0.176. The average Bonchev–Trinajstić information content (AvgIpc) is 2.56. The van der Waals surface area contributed by atoms with E-state index >= 15 is 0 Å². The average molecular weight is 334 g/mol. The number of hydrogen-bond donors (Lipinski definition) is 1. The molecule has 0 unspecified atom stereocenters. The molecule has 0 bridgehead atoms. The Morgan fingerprint density at radius 1 is 1.17 bits per heavy atom. The smallest absolute Gasteiger partial charge is 0.338 e. The van der Waals surface area contributed by atoms with Crippen LogP contribution in [0, 0.1) is 6.92 Å². The van der Waals surface area contributed by atoms with Crippen LogP contribution in [-0.4, -0.2) is 25.6 Å². The molecule has 2 aromatic rings. The number of halogens is 1. The van der Waals surface area contributed by atoms with Crippen LogP contribution in [0.25, 0.3) is 0 Å². The van der Waals surface area contributed by atoms with E-state index < -0.39 is 11.9 Å². The molecule has 0 saturated carbocycles. The second-order valence-electron chi connectivity index (χ2n) is 4.82. The molecule has 0 aliphatic carbocycles. The molecule has 2 rings (SSSR count). The molecule has 1 N–H and O–H groups in total. The Bertz CT molecular complexity index is 730. The van der Waals surface area contributed by atoms with Crippen molar-refractivity contribution in [1.29, 1.82) is 0 Å². The molecule has 5 nitrogen and oxygen atoms in total. The van der Waals surface area contributed by atoms with Crippen molar-refractivity contribution in [1.82, 2.24) is 0 Å². The van der Waals surface area contributed by atoms with E-state index in [2.05, 4.69) is 5.32 Å². The highest BCUT2D eigenvalue weighted by Gasteiger charge is 2.12. The van der Waals surface area contributed by atoms with E-state index in [0.29, 0.717) is 22.0 Å². The molecule has 0 aliphatic rings. The van der Waals surface area contributed by atoms with E-state index in [0.717, 1.165) is 5.56 Å². The Morgan fingerprint density at radius 3 is 2.70 bits per heavy atom. The van der Waals surface area contributed by atoms with Crippen LogP contribution in [0.3, 0.4) is 0 Å². The van der Waals surface area contributed by atoms with Gasteiger partial charge in [-0.05, 0) is 42.8 Å². The van der Waals surface area contributed by atoms with Gasteiger partial charge in [0.05, 0.1) is 12.7 Å². The standard InChI is InChI=1S/C17H16ClNO4/c1-11-6-7-13(18)9-15(11)19-16(20)10-23-17(21)12-4-3-5-14(8-12)22-2/h3-9H,10H2,1-2H3,(H,19,20). The zero-order valence-corrected chi connectivity index (χ0v) is 13.5. The van der Waals surface area contributed by atoms with Gasteiger partial charge in [0.25, 0.3) is 5.91 Å². The first-order valence-corrected chi connectivity index (χ1v) is 7.24. The van der Waals surface area contributed by atoms with Gasteiger partial charge in [0.2, 0.25) is 0 Å². The molecule has 0 spiro atoms. The van der Waals surface area contributed by atoms with Crippen molar-refractivity contribution in [3.8, 4) is 5.75 Å². The zero-order valence-electron chi connectivity index (χ0n) is 12.8. The molecule has 0 aliphatic heterocycles. The first-order chi connectivity index (χ1) is 11.0. The van der Waals surface area contributed by atoms with E-state index in [1.165, 1.54) is 7.11 Å². The van der Waals surface area contributed by atoms with Crippen LogP contribution < -0.4 is 10.1 Å². The van der Waals surface area contributed by atoms with Gasteiger partial charge in [0.1, 0.15) is 5.75 Å². The minimum Gasteiger partial charge on any atom is -0.497 e. The van der Waals surface area contributed by atoms with Gasteiger partial charge in [-0.2, -0.15) is 0 Å². The quantitative estimate of drug-likeness (QED) is 0.851. The molecule has 23 heavy (non-hydrogen) atoms. The molecule has 0 radical (unpaired) electrons. The summed E-state index contributed by atoms with van der Waals surface area (Å²) in [5.41, 5.74) is 1.76. The van der Waals surface area contributed by atoms with Gasteiger partial charge >= 0.3 is 5.97 Å². The van der Waals surface area contributed by atoms with Gasteiger partial charge < -0.3 is 14.8 Å². The summed E-state index contributed by atoms with van der Waals surface area (Å²) in [6.07, 6.45) is 0. The number of rotatable bonds is 5. The van der Waals surface area contributed by atoms with Gasteiger partial charge in [0, 0.05) is 10.7 Å². The summed E-state index contributed by atoms with van der Waals surface area (Å²) in [4.78, 5) is 23.8. The number of ether oxygens (including phenoxy) is 2. The summed E-state index contributed by atoms with van der Waals surface area (Å²) in [6.45, 7) is 1.45. The number of hydrogen-bond acceptors (Lipinski definition) is 4. The first-order valence-electron chi connectivity index (χ1n) is 6.87. The Labute approximate surface area is 139 Å². The molecule has 0 aromatic heterocycles. The van der Waals surface area contributed by atoms with Crippen molar-refractivity contribution >= 4 is 29.2 Å². The van der Waals surface area contributed by atoms with Gasteiger partial charge in [0.15, 0.2) is 6.61 Å². The van der Waals surface area contributed by atoms with Crippen LogP contribution in [-0.2, 0) is 9.53 Å². The fourth-order valence-electron chi connectivity index (χ4n) is 1.88.